The van der Waals surface area contributed by atoms with E-state index in [1.165, 1.54) is 111 Å². The fraction of sp³-hybridized carbons (Fsp3) is 0.0886. The van der Waals surface area contributed by atoms with Gasteiger partial charge in [0.15, 0.2) is 0 Å². The summed E-state index contributed by atoms with van der Waals surface area (Å²) in [6.45, 7) is 9.40. The standard InChI is InChI=1S/C79H58N6/c1-77(2)67-45-51(29-35-59(67)61-39-33-55(49-69(61)77)84(73-21-9-13-41-80-73)74-22-10-14-42-81-74)25-27-53-31-37-63-64-38-32-54(48-72(64)79(71(63)47-53)65-19-7-5-17-57(65)58-18-6-8-20-66(58)79)28-26-52-30-36-60-62-40-34-56(50-70(62)78(3,4)68(60)46-52)85(75-23-11-15-43-82-75)76-24-12-16-44-83-76/h5-50H,1-4H3/b27-25+,28-26+. The molecule has 0 saturated heterocycles. The predicted octanol–water partition coefficient (Wildman–Crippen LogP) is 19.5. The van der Waals surface area contributed by atoms with Crippen LogP contribution < -0.4 is 9.80 Å². The number of hydrogen-bond acceptors (Lipinski definition) is 6. The van der Waals surface area contributed by atoms with Crippen LogP contribution in [-0.4, -0.2) is 19.9 Å². The van der Waals surface area contributed by atoms with E-state index >= 15 is 0 Å². The van der Waals surface area contributed by atoms with Crippen LogP contribution in [0.15, 0.2) is 255 Å². The highest BCUT2D eigenvalue weighted by Crippen LogP contribution is 2.63. The molecule has 0 radical (unpaired) electrons. The van der Waals surface area contributed by atoms with Crippen molar-refractivity contribution in [1.82, 2.24) is 19.9 Å². The van der Waals surface area contributed by atoms with Crippen molar-refractivity contribution in [1.29, 1.82) is 0 Å². The van der Waals surface area contributed by atoms with Gasteiger partial charge in [0, 0.05) is 47.0 Å². The van der Waals surface area contributed by atoms with Crippen molar-refractivity contribution in [3.05, 3.63) is 322 Å². The van der Waals surface area contributed by atoms with E-state index in [2.05, 4.69) is 220 Å². The number of benzene rings is 8. The first-order valence-electron chi connectivity index (χ1n) is 29.3. The van der Waals surface area contributed by atoms with Crippen molar-refractivity contribution >= 4 is 59.0 Å². The Hall–Kier alpha value is -10.6. The van der Waals surface area contributed by atoms with Gasteiger partial charge in [-0.05, 0) is 196 Å². The van der Waals surface area contributed by atoms with E-state index in [9.17, 15) is 0 Å². The van der Waals surface area contributed by atoms with Crippen LogP contribution in [0.1, 0.15) is 94.5 Å². The molecule has 6 heteroatoms. The second-order valence-corrected chi connectivity index (χ2v) is 23.9. The minimum Gasteiger partial charge on any atom is -0.279 e. The second-order valence-electron chi connectivity index (χ2n) is 23.9. The van der Waals surface area contributed by atoms with Crippen LogP contribution >= 0.6 is 0 Å². The summed E-state index contributed by atoms with van der Waals surface area (Å²) >= 11 is 0. The Labute approximate surface area is 496 Å². The summed E-state index contributed by atoms with van der Waals surface area (Å²) in [5.41, 5.74) is 26.5. The van der Waals surface area contributed by atoms with Crippen LogP contribution in [0.3, 0.4) is 0 Å². The van der Waals surface area contributed by atoms with E-state index in [4.69, 9.17) is 19.9 Å². The smallest absolute Gasteiger partial charge is 0.138 e. The van der Waals surface area contributed by atoms with Crippen LogP contribution in [-0.2, 0) is 16.2 Å². The molecule has 12 aromatic rings. The van der Waals surface area contributed by atoms with Crippen molar-refractivity contribution < 1.29 is 0 Å². The minimum atomic E-state index is -0.499. The van der Waals surface area contributed by atoms with Crippen LogP contribution in [0.25, 0.3) is 68.8 Å². The summed E-state index contributed by atoms with van der Waals surface area (Å²) in [5.74, 6) is 3.31. The number of nitrogens with zero attached hydrogens (tertiary/aromatic N) is 6. The number of hydrogen-bond donors (Lipinski definition) is 0. The van der Waals surface area contributed by atoms with E-state index in [-0.39, 0.29) is 10.8 Å². The van der Waals surface area contributed by atoms with Gasteiger partial charge in [0.2, 0.25) is 0 Å². The lowest BCUT2D eigenvalue weighted by Gasteiger charge is -2.30. The third-order valence-corrected chi connectivity index (χ3v) is 18.5. The van der Waals surface area contributed by atoms with Crippen molar-refractivity contribution in [2.24, 2.45) is 0 Å². The molecule has 0 aliphatic heterocycles. The first kappa shape index (κ1) is 50.2. The first-order chi connectivity index (χ1) is 41.6. The molecule has 4 aliphatic carbocycles. The zero-order valence-electron chi connectivity index (χ0n) is 47.7. The molecular formula is C79H58N6. The molecule has 0 atom stereocenters. The molecule has 1 spiro atoms. The Morgan fingerprint density at radius 3 is 0.859 bits per heavy atom. The van der Waals surface area contributed by atoms with Crippen molar-refractivity contribution in [3.8, 4) is 44.5 Å². The average Bonchev–Trinajstić information content (AvgIpc) is 1.64. The number of anilines is 6. The topological polar surface area (TPSA) is 58.0 Å². The van der Waals surface area contributed by atoms with Crippen LogP contribution in [0.4, 0.5) is 34.6 Å². The molecule has 8 aromatic carbocycles. The second kappa shape index (κ2) is 19.3. The van der Waals surface area contributed by atoms with Gasteiger partial charge in [-0.2, -0.15) is 0 Å². The zero-order valence-corrected chi connectivity index (χ0v) is 47.7. The first-order valence-corrected chi connectivity index (χ1v) is 29.3. The lowest BCUT2D eigenvalue weighted by atomic mass is 9.70. The molecule has 0 fully saturated rings. The molecule has 6 nitrogen and oxygen atoms in total. The van der Waals surface area contributed by atoms with E-state index in [0.29, 0.717) is 0 Å². The van der Waals surface area contributed by atoms with E-state index in [1.807, 2.05) is 97.6 Å². The average molecular weight is 1090 g/mol. The summed E-state index contributed by atoms with van der Waals surface area (Å²) in [6.07, 6.45) is 16.5. The molecule has 0 saturated carbocycles. The summed E-state index contributed by atoms with van der Waals surface area (Å²) in [6, 6.07) is 84.0. The van der Waals surface area contributed by atoms with Crippen LogP contribution in [0.5, 0.6) is 0 Å². The lowest BCUT2D eigenvalue weighted by Crippen LogP contribution is -2.26. The number of aromatic nitrogens is 4. The van der Waals surface area contributed by atoms with Gasteiger partial charge in [0.25, 0.3) is 0 Å². The molecule has 0 N–H and O–H groups in total. The van der Waals surface area contributed by atoms with Gasteiger partial charge in [-0.25, -0.2) is 19.9 Å². The van der Waals surface area contributed by atoms with Gasteiger partial charge in [-0.3, -0.25) is 9.80 Å². The van der Waals surface area contributed by atoms with Gasteiger partial charge in [-0.1, -0.05) is 198 Å². The number of rotatable bonds is 10. The molecular weight excluding hydrogens is 1030 g/mol. The largest absolute Gasteiger partial charge is 0.279 e. The van der Waals surface area contributed by atoms with E-state index < -0.39 is 5.41 Å². The molecule has 4 aliphatic rings. The molecule has 85 heavy (non-hydrogen) atoms. The number of fused-ring (bicyclic) bond motifs is 16. The Morgan fingerprint density at radius 1 is 0.259 bits per heavy atom. The fourth-order valence-electron chi connectivity index (χ4n) is 14.4. The molecule has 4 heterocycles. The predicted molar refractivity (Wildman–Crippen MR) is 349 cm³/mol. The zero-order chi connectivity index (χ0) is 57.0. The third kappa shape index (κ3) is 7.78. The molecule has 16 rings (SSSR count). The Balaban J connectivity index is 0.723. The van der Waals surface area contributed by atoms with E-state index in [1.54, 1.807) is 0 Å². The highest BCUT2D eigenvalue weighted by Gasteiger charge is 2.52. The summed E-state index contributed by atoms with van der Waals surface area (Å²) < 4.78 is 0. The summed E-state index contributed by atoms with van der Waals surface area (Å²) in [7, 11) is 0. The highest BCUT2D eigenvalue weighted by molar-refractivity contribution is 5.97. The highest BCUT2D eigenvalue weighted by atomic mass is 15.2. The van der Waals surface area contributed by atoms with Gasteiger partial charge in [0.1, 0.15) is 23.3 Å². The van der Waals surface area contributed by atoms with Gasteiger partial charge < -0.3 is 0 Å². The Morgan fingerprint density at radius 2 is 0.529 bits per heavy atom. The number of pyridine rings is 4. The molecule has 0 unspecified atom stereocenters. The van der Waals surface area contributed by atoms with Crippen molar-refractivity contribution in [3.63, 3.8) is 0 Å². The monoisotopic (exact) mass is 1090 g/mol. The molecule has 0 bridgehead atoms. The summed E-state index contributed by atoms with van der Waals surface area (Å²) in [5, 5.41) is 0. The normalized spacial score (nSPS) is 14.5. The molecule has 0 amide bonds. The van der Waals surface area contributed by atoms with Gasteiger partial charge in [-0.15, -0.1) is 0 Å². The third-order valence-electron chi connectivity index (χ3n) is 18.5. The maximum atomic E-state index is 4.75. The van der Waals surface area contributed by atoms with Crippen molar-refractivity contribution in [2.45, 2.75) is 43.9 Å². The fourth-order valence-corrected chi connectivity index (χ4v) is 14.4. The quantitative estimate of drug-likeness (QED) is 0.127. The molecule has 4 aromatic heterocycles. The Bertz CT molecular complexity index is 4340. The van der Waals surface area contributed by atoms with Gasteiger partial charge in [0.05, 0.1) is 5.41 Å². The van der Waals surface area contributed by atoms with Crippen molar-refractivity contribution in [2.75, 3.05) is 9.80 Å². The minimum absolute atomic E-state index is 0.241. The van der Waals surface area contributed by atoms with Gasteiger partial charge >= 0.3 is 0 Å². The Kier molecular flexibility index (Phi) is 11.4. The molecule has 404 valence electrons. The van der Waals surface area contributed by atoms with Crippen LogP contribution in [0.2, 0.25) is 0 Å². The summed E-state index contributed by atoms with van der Waals surface area (Å²) in [4.78, 5) is 23.3. The lowest BCUT2D eigenvalue weighted by molar-refractivity contribution is 0.660. The van der Waals surface area contributed by atoms with E-state index in [0.717, 1.165) is 34.6 Å². The SMILES string of the molecule is CC1(C)c2cc(/C=C/c3ccc4c(c3)C3(c5ccccc5-c5ccccc53)c3cc(/C=C/c5ccc6c(c5)C(C)(C)c5cc(N(c7ccccn7)c7ccccn7)ccc5-6)ccc3-4)ccc2-c2ccc(N(c3ccccn3)c3ccccn3)cc21. The maximum absolute atomic E-state index is 4.75. The van der Waals surface area contributed by atoms with Crippen LogP contribution in [0, 0.1) is 0 Å². The maximum Gasteiger partial charge on any atom is 0.138 e.